The summed E-state index contributed by atoms with van der Waals surface area (Å²) in [6, 6.07) is 3.75. The van der Waals surface area contributed by atoms with Crippen molar-refractivity contribution in [2.75, 3.05) is 46.2 Å². The van der Waals surface area contributed by atoms with E-state index in [0.717, 1.165) is 43.8 Å². The molecule has 114 valence electrons. The van der Waals surface area contributed by atoms with E-state index in [9.17, 15) is 0 Å². The molecule has 0 heterocycles. The normalized spacial score (nSPS) is 10.8. The minimum Gasteiger partial charge on any atom is -0.496 e. The van der Waals surface area contributed by atoms with E-state index in [1.165, 1.54) is 0 Å². The van der Waals surface area contributed by atoms with Crippen LogP contribution in [0.25, 0.3) is 0 Å². The first kappa shape index (κ1) is 16.6. The molecule has 1 aromatic carbocycles. The average molecular weight is 282 g/mol. The number of aliphatic hydroxyl groups is 1. The molecule has 0 aliphatic carbocycles. The minimum atomic E-state index is 0.201. The van der Waals surface area contributed by atoms with Crippen LogP contribution < -0.4 is 15.2 Å². The third-order valence-electron chi connectivity index (χ3n) is 3.42. The number of nitrogen functional groups attached to an aromatic ring is 1. The molecular formula is C15H26N2O3. The first-order valence-corrected chi connectivity index (χ1v) is 6.99. The Bertz CT molecular complexity index is 410. The zero-order valence-corrected chi connectivity index (χ0v) is 12.7. The van der Waals surface area contributed by atoms with Gasteiger partial charge in [0, 0.05) is 12.6 Å². The maximum Gasteiger partial charge on any atom is 0.145 e. The van der Waals surface area contributed by atoms with Crippen molar-refractivity contribution in [1.29, 1.82) is 0 Å². The van der Waals surface area contributed by atoms with E-state index < -0.39 is 0 Å². The van der Waals surface area contributed by atoms with Crippen LogP contribution in [0.1, 0.15) is 18.9 Å². The molecule has 0 aliphatic heterocycles. The van der Waals surface area contributed by atoms with Crippen LogP contribution in [0.5, 0.6) is 11.5 Å². The zero-order valence-electron chi connectivity index (χ0n) is 12.7. The van der Waals surface area contributed by atoms with Gasteiger partial charge in [0.1, 0.15) is 11.5 Å². The van der Waals surface area contributed by atoms with E-state index in [1.807, 2.05) is 12.1 Å². The number of aryl methyl sites for hydroxylation is 1. The molecule has 0 bridgehead atoms. The molecule has 1 rings (SSSR count). The van der Waals surface area contributed by atoms with E-state index in [4.69, 9.17) is 20.3 Å². The Morgan fingerprint density at radius 1 is 1.15 bits per heavy atom. The summed E-state index contributed by atoms with van der Waals surface area (Å²) >= 11 is 0. The number of ether oxygens (including phenoxy) is 2. The van der Waals surface area contributed by atoms with Crippen molar-refractivity contribution >= 4 is 5.69 Å². The number of anilines is 1. The Hall–Kier alpha value is -1.46. The van der Waals surface area contributed by atoms with Crippen LogP contribution in [0.3, 0.4) is 0 Å². The molecule has 0 amide bonds. The summed E-state index contributed by atoms with van der Waals surface area (Å²) < 4.78 is 10.6. The first-order chi connectivity index (χ1) is 9.65. The lowest BCUT2D eigenvalue weighted by molar-refractivity contribution is 0.200. The van der Waals surface area contributed by atoms with E-state index in [2.05, 4.69) is 11.8 Å². The number of nitrogens with two attached hydrogens (primary N) is 1. The SMILES string of the molecule is CCN(CCO)CCCc1cc(N)c(OC)cc1OC. The molecular weight excluding hydrogens is 256 g/mol. The van der Waals surface area contributed by atoms with Crippen LogP contribution in [0.2, 0.25) is 0 Å². The average Bonchev–Trinajstić information content (AvgIpc) is 2.46. The molecule has 0 aromatic heterocycles. The molecule has 5 heteroatoms. The topological polar surface area (TPSA) is 68.0 Å². The summed E-state index contributed by atoms with van der Waals surface area (Å²) in [6.07, 6.45) is 1.88. The number of aliphatic hydroxyl groups excluding tert-OH is 1. The van der Waals surface area contributed by atoms with Gasteiger partial charge in [-0.25, -0.2) is 0 Å². The lowest BCUT2D eigenvalue weighted by Gasteiger charge is -2.19. The monoisotopic (exact) mass is 282 g/mol. The van der Waals surface area contributed by atoms with E-state index in [0.29, 0.717) is 11.4 Å². The highest BCUT2D eigenvalue weighted by atomic mass is 16.5. The molecule has 0 saturated carbocycles. The minimum absolute atomic E-state index is 0.201. The van der Waals surface area contributed by atoms with Crippen LogP contribution in [0.15, 0.2) is 12.1 Å². The van der Waals surface area contributed by atoms with Crippen molar-refractivity contribution in [3.63, 3.8) is 0 Å². The Kier molecular flexibility index (Phi) is 7.18. The number of rotatable bonds is 9. The smallest absolute Gasteiger partial charge is 0.145 e. The van der Waals surface area contributed by atoms with E-state index >= 15 is 0 Å². The summed E-state index contributed by atoms with van der Waals surface area (Å²) in [7, 11) is 3.25. The number of hydrogen-bond donors (Lipinski definition) is 2. The molecule has 20 heavy (non-hydrogen) atoms. The molecule has 0 atom stereocenters. The molecule has 0 aliphatic rings. The summed E-state index contributed by atoms with van der Waals surface area (Å²) in [6.45, 7) is 4.92. The number of benzene rings is 1. The van der Waals surface area contributed by atoms with Crippen molar-refractivity contribution in [2.45, 2.75) is 19.8 Å². The number of likely N-dealkylation sites (N-methyl/N-ethyl adjacent to an activating group) is 1. The lowest BCUT2D eigenvalue weighted by atomic mass is 10.1. The molecule has 1 aromatic rings. The summed E-state index contributed by atoms with van der Waals surface area (Å²) in [5.41, 5.74) is 7.66. The van der Waals surface area contributed by atoms with Crippen molar-refractivity contribution in [3.05, 3.63) is 17.7 Å². The molecule has 0 fully saturated rings. The zero-order chi connectivity index (χ0) is 15.0. The fraction of sp³-hybridized carbons (Fsp3) is 0.600. The lowest BCUT2D eigenvalue weighted by Crippen LogP contribution is -2.28. The molecule has 3 N–H and O–H groups in total. The van der Waals surface area contributed by atoms with Gasteiger partial charge < -0.3 is 25.2 Å². The second-order valence-corrected chi connectivity index (χ2v) is 4.67. The predicted octanol–water partition coefficient (Wildman–Crippen LogP) is 1.53. The summed E-state index contributed by atoms with van der Waals surface area (Å²) in [5, 5.41) is 8.97. The van der Waals surface area contributed by atoms with Gasteiger partial charge in [0.05, 0.1) is 26.5 Å². The summed E-state index contributed by atoms with van der Waals surface area (Å²) in [4.78, 5) is 2.22. The van der Waals surface area contributed by atoms with Gasteiger partial charge in [0.15, 0.2) is 0 Å². The van der Waals surface area contributed by atoms with Crippen LogP contribution in [-0.4, -0.2) is 50.5 Å². The van der Waals surface area contributed by atoms with Crippen LogP contribution in [0.4, 0.5) is 5.69 Å². The van der Waals surface area contributed by atoms with Gasteiger partial charge in [0.25, 0.3) is 0 Å². The standard InChI is InChI=1S/C15H26N2O3/c1-4-17(8-9-18)7-5-6-12-10-13(16)15(20-3)11-14(12)19-2/h10-11,18H,4-9,16H2,1-3H3. The Morgan fingerprint density at radius 3 is 2.40 bits per heavy atom. The fourth-order valence-electron chi connectivity index (χ4n) is 2.25. The van der Waals surface area contributed by atoms with Crippen molar-refractivity contribution < 1.29 is 14.6 Å². The van der Waals surface area contributed by atoms with Gasteiger partial charge in [-0.2, -0.15) is 0 Å². The predicted molar refractivity (Wildman–Crippen MR) is 81.5 cm³/mol. The van der Waals surface area contributed by atoms with Crippen LogP contribution >= 0.6 is 0 Å². The van der Waals surface area contributed by atoms with Crippen LogP contribution in [0, 0.1) is 0 Å². The van der Waals surface area contributed by atoms with E-state index in [-0.39, 0.29) is 6.61 Å². The number of methoxy groups -OCH3 is 2. The van der Waals surface area contributed by atoms with Crippen molar-refractivity contribution in [2.24, 2.45) is 0 Å². The number of nitrogens with zero attached hydrogens (tertiary/aromatic N) is 1. The van der Waals surface area contributed by atoms with Gasteiger partial charge in [-0.3, -0.25) is 0 Å². The Balaban J connectivity index is 2.65. The highest BCUT2D eigenvalue weighted by molar-refractivity contribution is 5.59. The maximum atomic E-state index is 8.97. The molecule has 5 nitrogen and oxygen atoms in total. The van der Waals surface area contributed by atoms with Gasteiger partial charge >= 0.3 is 0 Å². The second-order valence-electron chi connectivity index (χ2n) is 4.67. The van der Waals surface area contributed by atoms with Gasteiger partial charge in [-0.1, -0.05) is 6.92 Å². The second kappa shape index (κ2) is 8.66. The quantitative estimate of drug-likeness (QED) is 0.672. The Morgan fingerprint density at radius 2 is 1.85 bits per heavy atom. The first-order valence-electron chi connectivity index (χ1n) is 6.99. The van der Waals surface area contributed by atoms with Gasteiger partial charge in [-0.05, 0) is 37.6 Å². The molecule has 0 spiro atoms. The van der Waals surface area contributed by atoms with Gasteiger partial charge in [-0.15, -0.1) is 0 Å². The highest BCUT2D eigenvalue weighted by Gasteiger charge is 2.10. The maximum absolute atomic E-state index is 8.97. The van der Waals surface area contributed by atoms with Crippen molar-refractivity contribution in [3.8, 4) is 11.5 Å². The van der Waals surface area contributed by atoms with E-state index in [1.54, 1.807) is 14.2 Å². The molecule has 0 radical (unpaired) electrons. The van der Waals surface area contributed by atoms with Gasteiger partial charge in [0.2, 0.25) is 0 Å². The van der Waals surface area contributed by atoms with Crippen molar-refractivity contribution in [1.82, 2.24) is 4.90 Å². The van der Waals surface area contributed by atoms with Crippen LogP contribution in [-0.2, 0) is 6.42 Å². The Labute approximate surface area is 121 Å². The molecule has 0 unspecified atom stereocenters. The molecule has 0 saturated heterocycles. The summed E-state index contributed by atoms with van der Waals surface area (Å²) in [5.74, 6) is 1.45. The largest absolute Gasteiger partial charge is 0.496 e. The third-order valence-corrected chi connectivity index (χ3v) is 3.42. The number of hydrogen-bond acceptors (Lipinski definition) is 5. The fourth-order valence-corrected chi connectivity index (χ4v) is 2.25. The third kappa shape index (κ3) is 4.58. The highest BCUT2D eigenvalue weighted by Crippen LogP contribution is 2.31.